The second-order valence-electron chi connectivity index (χ2n) is 6.40. The Kier molecular flexibility index (Phi) is 7.72. The molecule has 0 aliphatic heterocycles. The third-order valence-corrected chi connectivity index (χ3v) is 5.14. The molecular weight excluding hydrogens is 377 g/mol. The summed E-state index contributed by atoms with van der Waals surface area (Å²) in [4.78, 5) is 35.8. The molecule has 142 valence electrons. The van der Waals surface area contributed by atoms with Crippen LogP contribution < -0.4 is 16.0 Å². The van der Waals surface area contributed by atoms with E-state index in [0.717, 1.165) is 25.7 Å². The summed E-state index contributed by atoms with van der Waals surface area (Å²) < 4.78 is 0. The van der Waals surface area contributed by atoms with Gasteiger partial charge in [-0.25, -0.2) is 0 Å². The molecule has 0 radical (unpaired) electrons. The van der Waals surface area contributed by atoms with Crippen LogP contribution in [0.5, 0.6) is 0 Å². The smallest absolute Gasteiger partial charge is 0.251 e. The van der Waals surface area contributed by atoms with Gasteiger partial charge in [-0.1, -0.05) is 36.0 Å². The molecule has 1 saturated carbocycles. The van der Waals surface area contributed by atoms with Crippen LogP contribution in [0.15, 0.2) is 18.2 Å². The van der Waals surface area contributed by atoms with E-state index in [4.69, 9.17) is 23.2 Å². The van der Waals surface area contributed by atoms with E-state index in [1.54, 1.807) is 12.1 Å². The number of hydrogen-bond donors (Lipinski definition) is 3. The van der Waals surface area contributed by atoms with Crippen LogP contribution in [-0.2, 0) is 9.59 Å². The molecule has 3 amide bonds. The van der Waals surface area contributed by atoms with E-state index in [0.29, 0.717) is 15.6 Å². The van der Waals surface area contributed by atoms with E-state index in [9.17, 15) is 14.4 Å². The summed E-state index contributed by atoms with van der Waals surface area (Å²) in [7, 11) is 0. The highest BCUT2D eigenvalue weighted by Gasteiger charge is 2.30. The Morgan fingerprint density at radius 2 is 1.73 bits per heavy atom. The highest BCUT2D eigenvalue weighted by Crippen LogP contribution is 2.27. The van der Waals surface area contributed by atoms with Gasteiger partial charge in [-0.05, 0) is 37.0 Å². The average molecular weight is 400 g/mol. The summed E-state index contributed by atoms with van der Waals surface area (Å²) >= 11 is 11.7. The molecular formula is C18H23Cl2N3O3. The highest BCUT2D eigenvalue weighted by molar-refractivity contribution is 6.42. The number of halogens is 2. The van der Waals surface area contributed by atoms with Crippen LogP contribution in [0.1, 0.15) is 43.0 Å². The molecule has 8 heteroatoms. The third kappa shape index (κ3) is 5.88. The van der Waals surface area contributed by atoms with Crippen LogP contribution in [0.2, 0.25) is 10.0 Å². The second-order valence-corrected chi connectivity index (χ2v) is 7.21. The maximum Gasteiger partial charge on any atom is 0.251 e. The van der Waals surface area contributed by atoms with Crippen molar-refractivity contribution < 1.29 is 14.4 Å². The minimum absolute atomic E-state index is 0.171. The lowest BCUT2D eigenvalue weighted by Gasteiger charge is -2.23. The lowest BCUT2D eigenvalue weighted by atomic mass is 9.97. The van der Waals surface area contributed by atoms with Crippen molar-refractivity contribution in [3.63, 3.8) is 0 Å². The van der Waals surface area contributed by atoms with E-state index >= 15 is 0 Å². The van der Waals surface area contributed by atoms with E-state index in [1.165, 1.54) is 13.0 Å². The summed E-state index contributed by atoms with van der Waals surface area (Å²) in [5, 5.41) is 8.92. The molecule has 1 aliphatic rings. The first kappa shape index (κ1) is 20.5. The van der Waals surface area contributed by atoms with E-state index in [2.05, 4.69) is 16.0 Å². The molecule has 1 aliphatic carbocycles. The van der Waals surface area contributed by atoms with E-state index in [1.807, 2.05) is 0 Å². The normalized spacial score (nSPS) is 15.3. The summed E-state index contributed by atoms with van der Waals surface area (Å²) in [5.74, 6) is -0.558. The minimum atomic E-state index is -0.513. The molecule has 26 heavy (non-hydrogen) atoms. The van der Waals surface area contributed by atoms with Crippen LogP contribution in [0, 0.1) is 5.92 Å². The zero-order valence-corrected chi connectivity index (χ0v) is 16.1. The summed E-state index contributed by atoms with van der Waals surface area (Å²) in [6, 6.07) is 4.11. The quantitative estimate of drug-likeness (QED) is 0.615. The fourth-order valence-electron chi connectivity index (χ4n) is 3.12. The van der Waals surface area contributed by atoms with Gasteiger partial charge in [0, 0.05) is 25.6 Å². The Morgan fingerprint density at radius 1 is 1.08 bits per heavy atom. The molecule has 2 rings (SSSR count). The number of carbonyl (C=O) groups is 3. The third-order valence-electron chi connectivity index (χ3n) is 4.40. The fourth-order valence-corrected chi connectivity index (χ4v) is 3.42. The van der Waals surface area contributed by atoms with Crippen LogP contribution in [0.25, 0.3) is 0 Å². The SMILES string of the molecule is CC(=O)NC(C(=O)NCCNC(=O)c1ccc(Cl)c(Cl)c1)C1CCCC1. The summed E-state index contributed by atoms with van der Waals surface area (Å²) in [6.45, 7) is 1.95. The molecule has 0 saturated heterocycles. The molecule has 3 N–H and O–H groups in total. The molecule has 1 unspecified atom stereocenters. The van der Waals surface area contributed by atoms with Gasteiger partial charge < -0.3 is 16.0 Å². The van der Waals surface area contributed by atoms with Crippen molar-refractivity contribution >= 4 is 40.9 Å². The van der Waals surface area contributed by atoms with Crippen molar-refractivity contribution in [2.45, 2.75) is 38.6 Å². The van der Waals surface area contributed by atoms with Crippen LogP contribution >= 0.6 is 23.2 Å². The first-order valence-electron chi connectivity index (χ1n) is 8.66. The van der Waals surface area contributed by atoms with Gasteiger partial charge in [0.1, 0.15) is 6.04 Å². The van der Waals surface area contributed by atoms with Crippen molar-refractivity contribution in [3.05, 3.63) is 33.8 Å². The highest BCUT2D eigenvalue weighted by atomic mass is 35.5. The Labute approximate surface area is 163 Å². The van der Waals surface area contributed by atoms with Crippen molar-refractivity contribution in [3.8, 4) is 0 Å². The van der Waals surface area contributed by atoms with Gasteiger partial charge in [-0.3, -0.25) is 14.4 Å². The molecule has 1 atom stereocenters. The predicted molar refractivity (Wildman–Crippen MR) is 101 cm³/mol. The Bertz CT molecular complexity index is 676. The second kappa shape index (κ2) is 9.78. The maximum absolute atomic E-state index is 12.4. The van der Waals surface area contributed by atoms with Gasteiger partial charge in [-0.15, -0.1) is 0 Å². The Balaban J connectivity index is 1.79. The largest absolute Gasteiger partial charge is 0.353 e. The lowest BCUT2D eigenvalue weighted by Crippen LogP contribution is -2.51. The van der Waals surface area contributed by atoms with Crippen LogP contribution in [0.3, 0.4) is 0 Å². The van der Waals surface area contributed by atoms with Gasteiger partial charge in [0.25, 0.3) is 5.91 Å². The fraction of sp³-hybridized carbons (Fsp3) is 0.500. The molecule has 0 heterocycles. The van der Waals surface area contributed by atoms with Gasteiger partial charge in [-0.2, -0.15) is 0 Å². The van der Waals surface area contributed by atoms with Gasteiger partial charge in [0.2, 0.25) is 11.8 Å². The zero-order valence-electron chi connectivity index (χ0n) is 14.6. The van der Waals surface area contributed by atoms with Crippen molar-refractivity contribution in [2.24, 2.45) is 5.92 Å². The van der Waals surface area contributed by atoms with E-state index in [-0.39, 0.29) is 36.7 Å². The van der Waals surface area contributed by atoms with Gasteiger partial charge in [0.15, 0.2) is 0 Å². The number of amides is 3. The number of rotatable bonds is 7. The molecule has 1 aromatic rings. The number of nitrogens with one attached hydrogen (secondary N) is 3. The van der Waals surface area contributed by atoms with Gasteiger partial charge in [0.05, 0.1) is 10.0 Å². The molecule has 0 spiro atoms. The van der Waals surface area contributed by atoms with Crippen LogP contribution in [-0.4, -0.2) is 36.9 Å². The number of hydrogen-bond acceptors (Lipinski definition) is 3. The monoisotopic (exact) mass is 399 g/mol. The molecule has 1 aromatic carbocycles. The Hall–Kier alpha value is -1.79. The standard InChI is InChI=1S/C18H23Cl2N3O3/c1-11(24)23-16(12-4-2-3-5-12)18(26)22-9-8-21-17(25)13-6-7-14(19)15(20)10-13/h6-7,10,12,16H,2-5,8-9H2,1H3,(H,21,25)(H,22,26)(H,23,24). The molecule has 6 nitrogen and oxygen atoms in total. The Morgan fingerprint density at radius 3 is 2.35 bits per heavy atom. The first-order chi connectivity index (χ1) is 12.4. The minimum Gasteiger partial charge on any atom is -0.353 e. The number of carbonyl (C=O) groups excluding carboxylic acids is 3. The zero-order chi connectivity index (χ0) is 19.1. The number of benzene rings is 1. The molecule has 0 aromatic heterocycles. The molecule has 0 bridgehead atoms. The van der Waals surface area contributed by atoms with E-state index < -0.39 is 6.04 Å². The average Bonchev–Trinajstić information content (AvgIpc) is 3.12. The first-order valence-corrected chi connectivity index (χ1v) is 9.42. The topological polar surface area (TPSA) is 87.3 Å². The predicted octanol–water partition coefficient (Wildman–Crippen LogP) is 2.53. The lowest BCUT2D eigenvalue weighted by molar-refractivity contribution is -0.129. The molecule has 1 fully saturated rings. The van der Waals surface area contributed by atoms with Crippen LogP contribution in [0.4, 0.5) is 0 Å². The van der Waals surface area contributed by atoms with Crippen molar-refractivity contribution in [2.75, 3.05) is 13.1 Å². The van der Waals surface area contributed by atoms with Crippen molar-refractivity contribution in [1.29, 1.82) is 0 Å². The summed E-state index contributed by atoms with van der Waals surface area (Å²) in [6.07, 6.45) is 4.03. The van der Waals surface area contributed by atoms with Gasteiger partial charge >= 0.3 is 0 Å². The summed E-state index contributed by atoms with van der Waals surface area (Å²) in [5.41, 5.74) is 0.396. The maximum atomic E-state index is 12.4. The van der Waals surface area contributed by atoms with Crippen molar-refractivity contribution in [1.82, 2.24) is 16.0 Å².